The van der Waals surface area contributed by atoms with Gasteiger partial charge in [-0.2, -0.15) is 0 Å². The minimum atomic E-state index is -0.206. The van der Waals surface area contributed by atoms with Crippen LogP contribution in [0.3, 0.4) is 0 Å². The molecule has 5 nitrogen and oxygen atoms in total. The number of H-pyrrole nitrogens is 1. The molecule has 4 fully saturated rings. The van der Waals surface area contributed by atoms with Crippen LogP contribution >= 0.6 is 0 Å². The van der Waals surface area contributed by atoms with Crippen molar-refractivity contribution in [1.29, 1.82) is 0 Å². The first-order valence-electron chi connectivity index (χ1n) is 12.4. The molecule has 0 saturated heterocycles. The van der Waals surface area contributed by atoms with Crippen LogP contribution in [0.15, 0.2) is 59.4 Å². The van der Waals surface area contributed by atoms with Crippen LogP contribution in [0.2, 0.25) is 0 Å². The molecule has 1 heterocycles. The SMILES string of the molecule is O=C(N(CCc1ccccc1)Cc1nc2ccccc2c(=O)[nH]1)C12CC3CC(CC(C3)C1)C2. The fourth-order valence-electron chi connectivity index (χ4n) is 7.26. The Morgan fingerprint density at radius 1 is 0.939 bits per heavy atom. The second-order valence-corrected chi connectivity index (χ2v) is 10.7. The predicted octanol–water partition coefficient (Wildman–Crippen LogP) is 4.71. The average molecular weight is 442 g/mol. The summed E-state index contributed by atoms with van der Waals surface area (Å²) in [5.41, 5.74) is 1.56. The number of carbonyl (C=O) groups excluding carboxylic acids is 1. The van der Waals surface area contributed by atoms with E-state index in [2.05, 4.69) is 17.1 Å². The number of aromatic amines is 1. The third-order valence-electron chi connectivity index (χ3n) is 8.29. The molecule has 0 unspecified atom stereocenters. The number of rotatable bonds is 6. The van der Waals surface area contributed by atoms with Crippen molar-refractivity contribution in [2.24, 2.45) is 23.2 Å². The van der Waals surface area contributed by atoms with Crippen LogP contribution in [0.25, 0.3) is 10.9 Å². The zero-order valence-corrected chi connectivity index (χ0v) is 19.0. The Morgan fingerprint density at radius 2 is 1.58 bits per heavy atom. The molecule has 1 N–H and O–H groups in total. The van der Waals surface area contributed by atoms with Crippen molar-refractivity contribution in [1.82, 2.24) is 14.9 Å². The van der Waals surface area contributed by atoms with Crippen molar-refractivity contribution in [3.05, 3.63) is 76.3 Å². The van der Waals surface area contributed by atoms with Gasteiger partial charge in [-0.05, 0) is 80.4 Å². The number of para-hydroxylation sites is 1. The minimum Gasteiger partial charge on any atom is -0.334 e. The van der Waals surface area contributed by atoms with Gasteiger partial charge < -0.3 is 9.88 Å². The highest BCUT2D eigenvalue weighted by Gasteiger charge is 2.55. The number of nitrogens with zero attached hydrogens (tertiary/aromatic N) is 2. The zero-order chi connectivity index (χ0) is 22.4. The van der Waals surface area contributed by atoms with Gasteiger partial charge in [0.25, 0.3) is 5.56 Å². The van der Waals surface area contributed by atoms with Gasteiger partial charge in [-0.3, -0.25) is 9.59 Å². The predicted molar refractivity (Wildman–Crippen MR) is 129 cm³/mol. The minimum absolute atomic E-state index is 0.138. The molecule has 3 aromatic rings. The maximum atomic E-state index is 14.2. The summed E-state index contributed by atoms with van der Waals surface area (Å²) in [6.07, 6.45) is 7.88. The smallest absolute Gasteiger partial charge is 0.258 e. The molecule has 0 aliphatic heterocycles. The van der Waals surface area contributed by atoms with Gasteiger partial charge in [-0.15, -0.1) is 0 Å². The van der Waals surface area contributed by atoms with E-state index in [4.69, 9.17) is 4.98 Å². The molecule has 1 amide bonds. The second kappa shape index (κ2) is 8.12. The third-order valence-corrected chi connectivity index (χ3v) is 8.29. The van der Waals surface area contributed by atoms with E-state index < -0.39 is 0 Å². The second-order valence-electron chi connectivity index (χ2n) is 10.7. The van der Waals surface area contributed by atoms with E-state index in [-0.39, 0.29) is 16.9 Å². The summed E-state index contributed by atoms with van der Waals surface area (Å²) in [6, 6.07) is 17.7. The largest absolute Gasteiger partial charge is 0.334 e. The zero-order valence-electron chi connectivity index (χ0n) is 19.0. The first-order valence-corrected chi connectivity index (χ1v) is 12.4. The molecule has 0 radical (unpaired) electrons. The van der Waals surface area contributed by atoms with E-state index in [0.29, 0.717) is 29.8 Å². The van der Waals surface area contributed by atoms with Gasteiger partial charge in [-0.25, -0.2) is 4.98 Å². The van der Waals surface area contributed by atoms with Crippen LogP contribution < -0.4 is 5.56 Å². The third kappa shape index (κ3) is 3.88. The van der Waals surface area contributed by atoms with Gasteiger partial charge in [0.1, 0.15) is 5.82 Å². The molecule has 5 heteroatoms. The molecule has 7 rings (SSSR count). The lowest BCUT2D eigenvalue weighted by Gasteiger charge is -2.56. The molecule has 1 aromatic heterocycles. The van der Waals surface area contributed by atoms with E-state index in [1.165, 1.54) is 24.8 Å². The normalized spacial score (nSPS) is 27.7. The number of fused-ring (bicyclic) bond motifs is 1. The molecular weight excluding hydrogens is 410 g/mol. The Morgan fingerprint density at radius 3 is 2.27 bits per heavy atom. The van der Waals surface area contributed by atoms with Gasteiger partial charge >= 0.3 is 0 Å². The molecule has 33 heavy (non-hydrogen) atoms. The molecule has 2 aromatic carbocycles. The van der Waals surface area contributed by atoms with Gasteiger partial charge in [0.05, 0.1) is 22.9 Å². The lowest BCUT2D eigenvalue weighted by molar-refractivity contribution is -0.158. The lowest BCUT2D eigenvalue weighted by Crippen LogP contribution is -2.54. The summed E-state index contributed by atoms with van der Waals surface area (Å²) in [6.45, 7) is 0.995. The standard InChI is InChI=1S/C28H31N3O2/c32-26-23-8-4-5-9-24(23)29-25(30-26)18-31(11-10-19-6-2-1-3-7-19)27(33)28-15-20-12-21(16-28)14-22(13-20)17-28/h1-9,20-22H,10-18H2,(H,29,30,32). The number of amides is 1. The number of carbonyl (C=O) groups is 1. The van der Waals surface area contributed by atoms with Gasteiger partial charge in [0, 0.05) is 6.54 Å². The number of hydrogen-bond donors (Lipinski definition) is 1. The van der Waals surface area contributed by atoms with E-state index in [9.17, 15) is 9.59 Å². The Bertz CT molecular complexity index is 1200. The Labute approximate surface area is 194 Å². The van der Waals surface area contributed by atoms with Crippen molar-refractivity contribution < 1.29 is 4.79 Å². The van der Waals surface area contributed by atoms with Crippen molar-refractivity contribution >= 4 is 16.8 Å². The van der Waals surface area contributed by atoms with Crippen LogP contribution in [0.5, 0.6) is 0 Å². The number of hydrogen-bond acceptors (Lipinski definition) is 3. The topological polar surface area (TPSA) is 66.1 Å². The van der Waals surface area contributed by atoms with E-state index in [1.54, 1.807) is 6.07 Å². The summed E-state index contributed by atoms with van der Waals surface area (Å²) >= 11 is 0. The highest BCUT2D eigenvalue weighted by molar-refractivity contribution is 5.83. The summed E-state index contributed by atoms with van der Waals surface area (Å²) in [5.74, 6) is 3.01. The van der Waals surface area contributed by atoms with Crippen molar-refractivity contribution in [3.8, 4) is 0 Å². The molecule has 4 aliphatic rings. The van der Waals surface area contributed by atoms with Gasteiger partial charge in [-0.1, -0.05) is 42.5 Å². The first kappa shape index (κ1) is 20.6. The Hall–Kier alpha value is -2.95. The summed E-state index contributed by atoms with van der Waals surface area (Å²) in [4.78, 5) is 36.5. The quantitative estimate of drug-likeness (QED) is 0.602. The average Bonchev–Trinajstić information content (AvgIpc) is 2.81. The van der Waals surface area contributed by atoms with Crippen molar-refractivity contribution in [2.45, 2.75) is 51.5 Å². The molecule has 170 valence electrons. The van der Waals surface area contributed by atoms with E-state index in [0.717, 1.165) is 43.4 Å². The summed E-state index contributed by atoms with van der Waals surface area (Å²) < 4.78 is 0. The maximum Gasteiger partial charge on any atom is 0.258 e. The first-order chi connectivity index (χ1) is 16.1. The van der Waals surface area contributed by atoms with Crippen LogP contribution in [-0.2, 0) is 17.8 Å². The van der Waals surface area contributed by atoms with Crippen molar-refractivity contribution in [3.63, 3.8) is 0 Å². The Balaban J connectivity index is 1.31. The monoisotopic (exact) mass is 441 g/mol. The van der Waals surface area contributed by atoms with Crippen molar-refractivity contribution in [2.75, 3.05) is 6.54 Å². The van der Waals surface area contributed by atoms with Crippen LogP contribution in [0.1, 0.15) is 49.9 Å². The number of benzene rings is 2. The molecule has 4 aliphatic carbocycles. The van der Waals surface area contributed by atoms with E-state index >= 15 is 0 Å². The maximum absolute atomic E-state index is 14.2. The molecule has 0 atom stereocenters. The Kier molecular flexibility index (Phi) is 5.08. The molecule has 4 saturated carbocycles. The fourth-order valence-corrected chi connectivity index (χ4v) is 7.26. The van der Waals surface area contributed by atoms with Crippen LogP contribution in [0, 0.1) is 23.2 Å². The molecule has 0 spiro atoms. The highest BCUT2D eigenvalue weighted by atomic mass is 16.2. The highest BCUT2D eigenvalue weighted by Crippen LogP contribution is 2.60. The summed E-state index contributed by atoms with van der Waals surface area (Å²) in [7, 11) is 0. The fraction of sp³-hybridized carbons (Fsp3) is 0.464. The molecular formula is C28H31N3O2. The lowest BCUT2D eigenvalue weighted by atomic mass is 9.49. The van der Waals surface area contributed by atoms with E-state index in [1.807, 2.05) is 41.3 Å². The van der Waals surface area contributed by atoms with Gasteiger partial charge in [0.15, 0.2) is 0 Å². The van der Waals surface area contributed by atoms with Crippen LogP contribution in [-0.4, -0.2) is 27.3 Å². The molecule has 4 bridgehead atoms. The number of aromatic nitrogens is 2. The summed E-state index contributed by atoms with van der Waals surface area (Å²) in [5, 5.41) is 0.587. The number of nitrogens with one attached hydrogen (secondary N) is 1. The van der Waals surface area contributed by atoms with Crippen LogP contribution in [0.4, 0.5) is 0 Å². The van der Waals surface area contributed by atoms with Gasteiger partial charge in [0.2, 0.25) is 5.91 Å².